The van der Waals surface area contributed by atoms with E-state index in [1.165, 1.54) is 14.2 Å². The van der Waals surface area contributed by atoms with Crippen molar-refractivity contribution in [2.24, 2.45) is 20.5 Å². The van der Waals surface area contributed by atoms with Crippen LogP contribution in [0.15, 0.2) is 77.6 Å². The molecule has 0 aromatic heterocycles. The van der Waals surface area contributed by atoms with Crippen LogP contribution in [0.5, 0.6) is 11.5 Å². The molecule has 0 aliphatic carbocycles. The molecule has 20 heteroatoms. The summed E-state index contributed by atoms with van der Waals surface area (Å²) >= 11 is 0. The van der Waals surface area contributed by atoms with Crippen LogP contribution >= 0.6 is 0 Å². The van der Waals surface area contributed by atoms with Gasteiger partial charge in [-0.15, -0.1) is 20.5 Å². The van der Waals surface area contributed by atoms with Gasteiger partial charge < -0.3 is 20.9 Å². The van der Waals surface area contributed by atoms with Gasteiger partial charge in [0.25, 0.3) is 30.4 Å². The van der Waals surface area contributed by atoms with Crippen molar-refractivity contribution in [3.8, 4) is 11.5 Å². The molecule has 0 heterocycles. The number of benzene rings is 3. The van der Waals surface area contributed by atoms with Crippen LogP contribution in [0.4, 0.5) is 34.1 Å². The molecule has 0 aliphatic heterocycles. The van der Waals surface area contributed by atoms with Gasteiger partial charge in [-0.05, 0) is 30.3 Å². The van der Waals surface area contributed by atoms with Crippen molar-refractivity contribution in [2.45, 2.75) is 14.7 Å². The molecule has 3 rings (SSSR count). The summed E-state index contributed by atoms with van der Waals surface area (Å²) in [6.07, 6.45) is 0. The van der Waals surface area contributed by atoms with Crippen molar-refractivity contribution in [1.82, 2.24) is 0 Å². The molecule has 0 saturated carbocycles. The molecular weight excluding hydrogens is 596 g/mol. The molecule has 3 aromatic rings. The summed E-state index contributed by atoms with van der Waals surface area (Å²) in [7, 11) is -11.7. The van der Waals surface area contributed by atoms with E-state index in [-0.39, 0.29) is 34.2 Å². The summed E-state index contributed by atoms with van der Waals surface area (Å²) in [5, 5.41) is 15.4. The van der Waals surface area contributed by atoms with Crippen LogP contribution in [0.2, 0.25) is 0 Å². The van der Waals surface area contributed by atoms with E-state index in [2.05, 4.69) is 20.5 Å². The van der Waals surface area contributed by atoms with E-state index in [9.17, 15) is 38.9 Å². The maximum absolute atomic E-state index is 12.0. The minimum Gasteiger partial charge on any atom is -0.494 e. The molecule has 40 heavy (non-hydrogen) atoms. The lowest BCUT2D eigenvalue weighted by Crippen LogP contribution is -2.05. The zero-order valence-corrected chi connectivity index (χ0v) is 22.8. The number of methoxy groups -OCH3 is 2. The molecule has 0 aliphatic rings. The number of nitrogens with zero attached hydrogens (tertiary/aromatic N) is 4. The van der Waals surface area contributed by atoms with Crippen LogP contribution in [-0.2, 0) is 30.4 Å². The predicted molar refractivity (Wildman–Crippen MR) is 139 cm³/mol. The lowest BCUT2D eigenvalue weighted by atomic mass is 10.2. The SMILES string of the molecule is COc1cc(S(=O)(=O)O)ccc1N=Nc1cc(S(=O)(=O)O)c(N)c(N=Nc2ccc(S(=O)(=O)O)cc2OC)c1N. The number of nitrogens with two attached hydrogens (primary N) is 2. The molecule has 0 fully saturated rings. The Balaban J connectivity index is 2.16. The molecule has 7 N–H and O–H groups in total. The Morgan fingerprint density at radius 1 is 0.600 bits per heavy atom. The Labute approximate surface area is 227 Å². The van der Waals surface area contributed by atoms with E-state index in [0.717, 1.165) is 42.5 Å². The first-order valence-electron chi connectivity index (χ1n) is 10.3. The van der Waals surface area contributed by atoms with E-state index < -0.39 is 56.4 Å². The average molecular weight is 617 g/mol. The number of ether oxygens (including phenoxy) is 2. The van der Waals surface area contributed by atoms with Crippen LogP contribution in [0.25, 0.3) is 0 Å². The van der Waals surface area contributed by atoms with Crippen LogP contribution in [0, 0.1) is 0 Å². The van der Waals surface area contributed by atoms with Gasteiger partial charge in [0.05, 0.1) is 35.4 Å². The maximum Gasteiger partial charge on any atom is 0.296 e. The summed E-state index contributed by atoms with van der Waals surface area (Å²) in [6.45, 7) is 0. The molecule has 0 radical (unpaired) electrons. The molecule has 0 atom stereocenters. The zero-order chi connectivity index (χ0) is 30.0. The van der Waals surface area contributed by atoms with E-state index >= 15 is 0 Å². The smallest absolute Gasteiger partial charge is 0.296 e. The quantitative estimate of drug-likeness (QED) is 0.131. The van der Waals surface area contributed by atoms with E-state index in [4.69, 9.17) is 20.9 Å². The summed E-state index contributed by atoms with van der Waals surface area (Å²) in [5.74, 6) is -0.287. The zero-order valence-electron chi connectivity index (χ0n) is 20.3. The second-order valence-electron chi connectivity index (χ2n) is 7.56. The van der Waals surface area contributed by atoms with Gasteiger partial charge in [0, 0.05) is 12.1 Å². The van der Waals surface area contributed by atoms with E-state index in [1.54, 1.807) is 0 Å². The Bertz CT molecular complexity index is 1870. The minimum absolute atomic E-state index is 0.0635. The van der Waals surface area contributed by atoms with Crippen molar-refractivity contribution in [3.63, 3.8) is 0 Å². The summed E-state index contributed by atoms with van der Waals surface area (Å²) in [4.78, 5) is -1.85. The highest BCUT2D eigenvalue weighted by Crippen LogP contribution is 2.44. The molecule has 0 unspecified atom stereocenters. The highest BCUT2D eigenvalue weighted by Gasteiger charge is 2.23. The van der Waals surface area contributed by atoms with E-state index in [1.807, 2.05) is 0 Å². The fourth-order valence-electron chi connectivity index (χ4n) is 3.08. The largest absolute Gasteiger partial charge is 0.494 e. The van der Waals surface area contributed by atoms with Crippen LogP contribution in [0.3, 0.4) is 0 Å². The molecule has 17 nitrogen and oxygen atoms in total. The minimum atomic E-state index is -4.95. The number of nitrogen functional groups attached to an aromatic ring is 2. The molecule has 0 bridgehead atoms. The number of anilines is 2. The van der Waals surface area contributed by atoms with Gasteiger partial charge in [-0.25, -0.2) is 0 Å². The van der Waals surface area contributed by atoms with Gasteiger partial charge in [0.15, 0.2) is 0 Å². The normalized spacial score (nSPS) is 12.7. The predicted octanol–water partition coefficient (Wildman–Crippen LogP) is 3.44. The van der Waals surface area contributed by atoms with Gasteiger partial charge in [-0.3, -0.25) is 13.7 Å². The first-order chi connectivity index (χ1) is 18.5. The first-order valence-corrected chi connectivity index (χ1v) is 14.6. The summed E-state index contributed by atoms with van der Waals surface area (Å²) < 4.78 is 108. The van der Waals surface area contributed by atoms with Gasteiger partial charge in [-0.1, -0.05) is 0 Å². The van der Waals surface area contributed by atoms with Crippen molar-refractivity contribution in [3.05, 3.63) is 42.5 Å². The third-order valence-electron chi connectivity index (χ3n) is 5.02. The number of hydrogen-bond donors (Lipinski definition) is 5. The second-order valence-corrected chi connectivity index (χ2v) is 11.8. The average Bonchev–Trinajstić information content (AvgIpc) is 2.86. The Morgan fingerprint density at radius 2 is 1.02 bits per heavy atom. The van der Waals surface area contributed by atoms with Gasteiger partial charge >= 0.3 is 0 Å². The molecular formula is C20H20N6O11S3. The molecule has 0 spiro atoms. The van der Waals surface area contributed by atoms with E-state index in [0.29, 0.717) is 0 Å². The fraction of sp³-hybridized carbons (Fsp3) is 0.100. The Kier molecular flexibility index (Phi) is 8.43. The summed E-state index contributed by atoms with van der Waals surface area (Å²) in [5.41, 5.74) is 9.98. The van der Waals surface area contributed by atoms with Gasteiger partial charge in [-0.2, -0.15) is 25.3 Å². The van der Waals surface area contributed by atoms with Gasteiger partial charge in [0.1, 0.15) is 39.1 Å². The lowest BCUT2D eigenvalue weighted by molar-refractivity contribution is 0.413. The fourth-order valence-corrected chi connectivity index (χ4v) is 4.71. The standard InChI is InChI=1S/C20H20N6O11S3/c1-36-15-7-10(38(27,28)29)3-5-12(15)23-25-14-9-17(40(33,34)35)19(22)20(18(14)21)26-24-13-6-4-11(39(30,31)32)8-16(13)37-2/h3-9H,21-22H2,1-2H3,(H,27,28,29)(H,30,31,32)(H,33,34,35). The Morgan fingerprint density at radius 3 is 1.43 bits per heavy atom. The van der Waals surface area contributed by atoms with Crippen molar-refractivity contribution in [2.75, 3.05) is 25.7 Å². The second kappa shape index (κ2) is 11.1. The number of azo groups is 2. The Hall–Kier alpha value is -4.21. The van der Waals surface area contributed by atoms with Crippen molar-refractivity contribution in [1.29, 1.82) is 0 Å². The first kappa shape index (κ1) is 30.3. The molecule has 3 aromatic carbocycles. The molecule has 214 valence electrons. The highest BCUT2D eigenvalue weighted by atomic mass is 32.2. The van der Waals surface area contributed by atoms with Crippen LogP contribution in [-0.4, -0.2) is 53.1 Å². The molecule has 0 amide bonds. The monoisotopic (exact) mass is 616 g/mol. The third-order valence-corrected chi connectivity index (χ3v) is 7.61. The molecule has 0 saturated heterocycles. The maximum atomic E-state index is 12.0. The lowest BCUT2D eigenvalue weighted by Gasteiger charge is -2.11. The topological polar surface area (TPSA) is 283 Å². The van der Waals surface area contributed by atoms with Crippen LogP contribution < -0.4 is 20.9 Å². The third kappa shape index (κ3) is 6.67. The number of rotatable bonds is 9. The highest BCUT2D eigenvalue weighted by molar-refractivity contribution is 7.86. The van der Waals surface area contributed by atoms with Gasteiger partial charge in [0.2, 0.25) is 0 Å². The summed E-state index contributed by atoms with van der Waals surface area (Å²) in [6, 6.07) is 6.95. The van der Waals surface area contributed by atoms with Crippen LogP contribution in [0.1, 0.15) is 0 Å². The van der Waals surface area contributed by atoms with Crippen molar-refractivity contribution >= 4 is 64.5 Å². The van der Waals surface area contributed by atoms with Crippen molar-refractivity contribution < 1.29 is 48.4 Å². The number of hydrogen-bond acceptors (Lipinski definition) is 14.